The third-order valence-electron chi connectivity index (χ3n) is 8.67. The molecule has 0 N–H and O–H groups in total. The fourth-order valence-corrected chi connectivity index (χ4v) is 7.78. The van der Waals surface area contributed by atoms with Gasteiger partial charge in [-0.3, -0.25) is 4.57 Å². The maximum absolute atomic E-state index is 6.72. The fourth-order valence-electron chi connectivity index (χ4n) is 6.59. The molecule has 4 aromatic heterocycles. The van der Waals surface area contributed by atoms with Crippen LogP contribution in [0.1, 0.15) is 0 Å². The molecule has 0 radical (unpaired) electrons. The van der Waals surface area contributed by atoms with Crippen LogP contribution in [0.25, 0.3) is 92.6 Å². The Morgan fingerprint density at radius 2 is 1.13 bits per heavy atom. The molecule has 0 spiro atoms. The van der Waals surface area contributed by atoms with Gasteiger partial charge in [-0.15, -0.1) is 11.3 Å². The quantitative estimate of drug-likeness (QED) is 0.204. The maximum atomic E-state index is 6.72. The molecule has 0 unspecified atom stereocenters. The highest BCUT2D eigenvalue weighted by molar-refractivity contribution is 7.26. The SMILES string of the molecule is c1ccc(-c2nc(-c3ccccc3)nc(-n3c4ccccc4c4cc5c(cc43)oc3c5ccc4c5ccccc5sc43)n2)cc1. The van der Waals surface area contributed by atoms with E-state index in [9.17, 15) is 0 Å². The number of thiophene rings is 1. The van der Waals surface area contributed by atoms with Crippen LogP contribution in [0.4, 0.5) is 0 Å². The topological polar surface area (TPSA) is 56.7 Å². The van der Waals surface area contributed by atoms with Crippen molar-refractivity contribution in [3.63, 3.8) is 0 Å². The standard InChI is InChI=1S/C39H22N4OS/c1-3-11-23(12-4-1)37-40-38(24-13-5-2-6-14-24)42-39(41-37)43-31-17-9-7-15-25(31)29-21-30-27-19-20-28-26-16-8-10-18-34(26)45-36(28)35(27)44-33(30)22-32(29)43/h1-22H. The van der Waals surface area contributed by atoms with Crippen molar-refractivity contribution in [2.45, 2.75) is 0 Å². The number of aromatic nitrogens is 4. The molecule has 0 aliphatic carbocycles. The number of furan rings is 1. The molecule has 10 rings (SSSR count). The van der Waals surface area contributed by atoms with Gasteiger partial charge in [0.2, 0.25) is 5.95 Å². The predicted molar refractivity (Wildman–Crippen MR) is 185 cm³/mol. The van der Waals surface area contributed by atoms with Gasteiger partial charge in [-0.25, -0.2) is 4.98 Å². The van der Waals surface area contributed by atoms with Crippen LogP contribution < -0.4 is 0 Å². The molecule has 0 saturated carbocycles. The summed E-state index contributed by atoms with van der Waals surface area (Å²) in [6.07, 6.45) is 0. The molecule has 45 heavy (non-hydrogen) atoms. The molecule has 6 heteroatoms. The molecule has 5 nitrogen and oxygen atoms in total. The Kier molecular flexibility index (Phi) is 5.09. The van der Waals surface area contributed by atoms with E-state index in [1.807, 2.05) is 60.7 Å². The summed E-state index contributed by atoms with van der Waals surface area (Å²) < 4.78 is 11.3. The highest BCUT2D eigenvalue weighted by atomic mass is 32.1. The van der Waals surface area contributed by atoms with Crippen LogP contribution in [0.3, 0.4) is 0 Å². The first-order chi connectivity index (χ1) is 22.3. The molecular weight excluding hydrogens is 573 g/mol. The van der Waals surface area contributed by atoms with Crippen LogP contribution in [0.5, 0.6) is 0 Å². The van der Waals surface area contributed by atoms with Crippen molar-refractivity contribution < 1.29 is 4.42 Å². The second-order valence-electron chi connectivity index (χ2n) is 11.3. The molecular formula is C39H22N4OS. The molecule has 0 aliphatic heterocycles. The van der Waals surface area contributed by atoms with Crippen LogP contribution in [-0.4, -0.2) is 19.5 Å². The number of rotatable bonds is 3. The Hall–Kier alpha value is -5.85. The zero-order valence-corrected chi connectivity index (χ0v) is 24.6. The average Bonchev–Trinajstić information content (AvgIpc) is 3.77. The van der Waals surface area contributed by atoms with Crippen molar-refractivity contribution in [1.29, 1.82) is 0 Å². The predicted octanol–water partition coefficient (Wildman–Crippen LogP) is 10.6. The summed E-state index contributed by atoms with van der Waals surface area (Å²) in [5.41, 5.74) is 5.66. The van der Waals surface area contributed by atoms with Crippen LogP contribution in [0.2, 0.25) is 0 Å². The molecule has 0 bridgehead atoms. The van der Waals surface area contributed by atoms with Gasteiger partial charge in [-0.2, -0.15) is 9.97 Å². The molecule has 4 heterocycles. The Morgan fingerprint density at radius 3 is 1.89 bits per heavy atom. The minimum atomic E-state index is 0.566. The van der Waals surface area contributed by atoms with Crippen molar-refractivity contribution >= 4 is 75.3 Å². The third kappa shape index (κ3) is 3.63. The summed E-state index contributed by atoms with van der Waals surface area (Å²) in [6.45, 7) is 0. The van der Waals surface area contributed by atoms with Gasteiger partial charge in [0.25, 0.3) is 0 Å². The van der Waals surface area contributed by atoms with Crippen molar-refractivity contribution in [3.8, 4) is 28.7 Å². The van der Waals surface area contributed by atoms with Gasteiger partial charge in [-0.1, -0.05) is 103 Å². The minimum absolute atomic E-state index is 0.566. The number of nitrogens with zero attached hydrogens (tertiary/aromatic N) is 4. The van der Waals surface area contributed by atoms with Gasteiger partial charge < -0.3 is 4.42 Å². The molecule has 0 saturated heterocycles. The highest BCUT2D eigenvalue weighted by Crippen LogP contribution is 2.43. The number of para-hydroxylation sites is 1. The third-order valence-corrected chi connectivity index (χ3v) is 9.85. The van der Waals surface area contributed by atoms with Crippen molar-refractivity contribution in [3.05, 3.63) is 133 Å². The van der Waals surface area contributed by atoms with Gasteiger partial charge in [-0.05, 0) is 24.3 Å². The van der Waals surface area contributed by atoms with E-state index in [-0.39, 0.29) is 0 Å². The van der Waals surface area contributed by atoms with Gasteiger partial charge in [0.15, 0.2) is 17.2 Å². The van der Waals surface area contributed by atoms with E-state index in [0.717, 1.165) is 54.9 Å². The second kappa shape index (κ2) is 9.32. The van der Waals surface area contributed by atoms with E-state index in [0.29, 0.717) is 17.6 Å². The summed E-state index contributed by atoms with van der Waals surface area (Å²) in [5.74, 6) is 1.82. The largest absolute Gasteiger partial charge is 0.454 e. The maximum Gasteiger partial charge on any atom is 0.238 e. The van der Waals surface area contributed by atoms with Crippen molar-refractivity contribution in [2.24, 2.45) is 0 Å². The van der Waals surface area contributed by atoms with Gasteiger partial charge in [0, 0.05) is 54.2 Å². The second-order valence-corrected chi connectivity index (χ2v) is 12.3. The summed E-state index contributed by atoms with van der Waals surface area (Å²) in [4.78, 5) is 15.1. The molecule has 210 valence electrons. The lowest BCUT2D eigenvalue weighted by molar-refractivity contribution is 0.673. The Morgan fingerprint density at radius 1 is 0.489 bits per heavy atom. The van der Waals surface area contributed by atoms with Crippen LogP contribution in [0, 0.1) is 0 Å². The van der Waals surface area contributed by atoms with Crippen molar-refractivity contribution in [2.75, 3.05) is 0 Å². The van der Waals surface area contributed by atoms with E-state index < -0.39 is 0 Å². The van der Waals surface area contributed by atoms with Gasteiger partial charge >= 0.3 is 0 Å². The summed E-state index contributed by atoms with van der Waals surface area (Å²) >= 11 is 1.79. The van der Waals surface area contributed by atoms with E-state index in [2.05, 4.69) is 77.4 Å². The Bertz CT molecular complexity index is 2700. The molecule has 0 amide bonds. The summed E-state index contributed by atoms with van der Waals surface area (Å²) in [7, 11) is 0. The summed E-state index contributed by atoms with van der Waals surface area (Å²) in [6, 6.07) is 46.0. The number of benzene rings is 6. The Balaban J connectivity index is 1.29. The molecule has 0 fully saturated rings. The normalized spacial score (nSPS) is 12.0. The monoisotopic (exact) mass is 594 g/mol. The van der Waals surface area contributed by atoms with E-state index in [1.165, 1.54) is 20.2 Å². The lowest BCUT2D eigenvalue weighted by atomic mass is 10.1. The zero-order valence-electron chi connectivity index (χ0n) is 23.8. The van der Waals surface area contributed by atoms with Crippen LogP contribution >= 0.6 is 11.3 Å². The smallest absolute Gasteiger partial charge is 0.238 e. The average molecular weight is 595 g/mol. The fraction of sp³-hybridized carbons (Fsp3) is 0. The lowest BCUT2D eigenvalue weighted by Crippen LogP contribution is -2.06. The summed E-state index contributed by atoms with van der Waals surface area (Å²) in [5, 5.41) is 6.98. The van der Waals surface area contributed by atoms with E-state index in [1.54, 1.807) is 11.3 Å². The number of fused-ring (bicyclic) bond motifs is 10. The van der Waals surface area contributed by atoms with Gasteiger partial charge in [0.05, 0.1) is 15.7 Å². The van der Waals surface area contributed by atoms with E-state index in [4.69, 9.17) is 19.4 Å². The minimum Gasteiger partial charge on any atom is -0.454 e. The first kappa shape index (κ1) is 24.6. The first-order valence-electron chi connectivity index (χ1n) is 14.9. The lowest BCUT2D eigenvalue weighted by Gasteiger charge is -2.10. The van der Waals surface area contributed by atoms with Crippen molar-refractivity contribution in [1.82, 2.24) is 19.5 Å². The highest BCUT2D eigenvalue weighted by Gasteiger charge is 2.21. The zero-order chi connectivity index (χ0) is 29.5. The van der Waals surface area contributed by atoms with Crippen LogP contribution in [-0.2, 0) is 0 Å². The number of hydrogen-bond acceptors (Lipinski definition) is 5. The Labute approximate surface area is 260 Å². The molecule has 10 aromatic rings. The van der Waals surface area contributed by atoms with Crippen LogP contribution in [0.15, 0.2) is 138 Å². The number of hydrogen-bond donors (Lipinski definition) is 0. The molecule has 0 aliphatic rings. The molecule has 6 aromatic carbocycles. The van der Waals surface area contributed by atoms with Gasteiger partial charge in [0.1, 0.15) is 5.58 Å². The molecule has 0 atom stereocenters. The first-order valence-corrected chi connectivity index (χ1v) is 15.7. The van der Waals surface area contributed by atoms with E-state index >= 15 is 0 Å².